The predicted octanol–water partition coefficient (Wildman–Crippen LogP) is 3.22. The van der Waals surface area contributed by atoms with Gasteiger partial charge in [-0.2, -0.15) is 0 Å². The highest BCUT2D eigenvalue weighted by Gasteiger charge is 2.13. The zero-order chi connectivity index (χ0) is 14.7. The van der Waals surface area contributed by atoms with E-state index in [0.717, 1.165) is 33.8 Å². The number of benzene rings is 1. The minimum Gasteiger partial charge on any atom is -0.378 e. The van der Waals surface area contributed by atoms with Gasteiger partial charge in [0.2, 0.25) is 0 Å². The third-order valence-electron chi connectivity index (χ3n) is 3.21. The first-order valence-corrected chi connectivity index (χ1v) is 7.61. The van der Waals surface area contributed by atoms with Crippen LogP contribution in [0.1, 0.15) is 10.6 Å². The monoisotopic (exact) mass is 299 g/mol. The molecular weight excluding hydrogens is 282 g/mol. The van der Waals surface area contributed by atoms with Crippen molar-refractivity contribution in [2.45, 2.75) is 13.2 Å². The average Bonchev–Trinajstić information content (AvgIpc) is 2.91. The molecular formula is C16H17N3OS. The van der Waals surface area contributed by atoms with E-state index in [4.69, 9.17) is 9.72 Å². The second-order valence-electron chi connectivity index (χ2n) is 4.74. The number of hydrogen-bond donors (Lipinski definition) is 1. The minimum absolute atomic E-state index is 0.529. The Morgan fingerprint density at radius 3 is 2.81 bits per heavy atom. The van der Waals surface area contributed by atoms with Crippen molar-refractivity contribution in [3.8, 4) is 10.7 Å². The number of hydrogen-bond acceptors (Lipinski definition) is 5. The molecule has 21 heavy (non-hydrogen) atoms. The van der Waals surface area contributed by atoms with Crippen molar-refractivity contribution in [3.05, 3.63) is 47.0 Å². The van der Waals surface area contributed by atoms with E-state index in [-0.39, 0.29) is 0 Å². The number of ether oxygens (including phenoxy) is 1. The Labute approximate surface area is 127 Å². The highest BCUT2D eigenvalue weighted by molar-refractivity contribution is 7.15. The number of fused-ring (bicyclic) bond motifs is 1. The summed E-state index contributed by atoms with van der Waals surface area (Å²) in [6.07, 6.45) is 0. The van der Waals surface area contributed by atoms with Gasteiger partial charge >= 0.3 is 0 Å². The van der Waals surface area contributed by atoms with E-state index in [0.29, 0.717) is 6.61 Å². The summed E-state index contributed by atoms with van der Waals surface area (Å²) in [7, 11) is 3.63. The van der Waals surface area contributed by atoms with Crippen LogP contribution in [0.5, 0.6) is 0 Å². The molecule has 0 spiro atoms. The molecule has 3 rings (SSSR count). The van der Waals surface area contributed by atoms with Gasteiger partial charge in [0.25, 0.3) is 0 Å². The van der Waals surface area contributed by atoms with Crippen molar-refractivity contribution in [2.24, 2.45) is 0 Å². The van der Waals surface area contributed by atoms with Crippen molar-refractivity contribution in [2.75, 3.05) is 14.2 Å². The Morgan fingerprint density at radius 2 is 2.00 bits per heavy atom. The van der Waals surface area contributed by atoms with Gasteiger partial charge in [-0.3, -0.25) is 0 Å². The van der Waals surface area contributed by atoms with Crippen LogP contribution in [0.15, 0.2) is 36.4 Å². The summed E-state index contributed by atoms with van der Waals surface area (Å²) in [5, 5.41) is 5.26. The summed E-state index contributed by atoms with van der Waals surface area (Å²) in [5.41, 5.74) is 2.90. The molecule has 3 aromatic rings. The Balaban J connectivity index is 2.02. The first kappa shape index (κ1) is 14.1. The van der Waals surface area contributed by atoms with Crippen molar-refractivity contribution in [1.82, 2.24) is 15.3 Å². The van der Waals surface area contributed by atoms with Crippen molar-refractivity contribution < 1.29 is 4.74 Å². The molecule has 0 aliphatic carbocycles. The normalized spacial score (nSPS) is 11.1. The standard InChI is InChI=1S/C16H17N3OS/c1-17-9-15-14(10-20-2)19-16(21-15)13-8-7-11-5-3-4-6-12(11)18-13/h3-8,17H,9-10H2,1-2H3. The molecule has 2 heterocycles. The maximum atomic E-state index is 5.23. The third-order valence-corrected chi connectivity index (χ3v) is 4.33. The van der Waals surface area contributed by atoms with Crippen LogP contribution < -0.4 is 5.32 Å². The first-order valence-electron chi connectivity index (χ1n) is 6.80. The van der Waals surface area contributed by atoms with Crippen LogP contribution in [0, 0.1) is 0 Å². The molecule has 0 unspecified atom stereocenters. The number of para-hydroxylation sites is 1. The molecule has 1 aromatic carbocycles. The van der Waals surface area contributed by atoms with Gasteiger partial charge in [0.15, 0.2) is 0 Å². The lowest BCUT2D eigenvalue weighted by Crippen LogP contribution is -2.06. The molecule has 0 aliphatic rings. The molecule has 1 N–H and O–H groups in total. The Hall–Kier alpha value is -1.82. The van der Waals surface area contributed by atoms with Crippen LogP contribution in [-0.2, 0) is 17.9 Å². The first-order chi connectivity index (χ1) is 10.3. The number of aromatic nitrogens is 2. The maximum Gasteiger partial charge on any atom is 0.142 e. The van der Waals surface area contributed by atoms with E-state index in [1.54, 1.807) is 18.4 Å². The van der Waals surface area contributed by atoms with E-state index >= 15 is 0 Å². The molecule has 0 saturated carbocycles. The van der Waals surface area contributed by atoms with Crippen LogP contribution in [0.3, 0.4) is 0 Å². The lowest BCUT2D eigenvalue weighted by Gasteiger charge is -1.99. The fourth-order valence-electron chi connectivity index (χ4n) is 2.23. The minimum atomic E-state index is 0.529. The summed E-state index contributed by atoms with van der Waals surface area (Å²) in [6, 6.07) is 12.2. The Bertz CT molecular complexity index is 731. The van der Waals surface area contributed by atoms with Crippen molar-refractivity contribution >= 4 is 22.2 Å². The maximum absolute atomic E-state index is 5.23. The van der Waals surface area contributed by atoms with Crippen molar-refractivity contribution in [3.63, 3.8) is 0 Å². The van der Waals surface area contributed by atoms with E-state index in [1.807, 2.05) is 31.3 Å². The smallest absolute Gasteiger partial charge is 0.142 e. The van der Waals surface area contributed by atoms with Gasteiger partial charge in [-0.15, -0.1) is 11.3 Å². The summed E-state index contributed by atoms with van der Waals surface area (Å²) >= 11 is 1.67. The van der Waals surface area contributed by atoms with Crippen molar-refractivity contribution in [1.29, 1.82) is 0 Å². The van der Waals surface area contributed by atoms with Gasteiger partial charge in [0.05, 0.1) is 23.5 Å². The van der Waals surface area contributed by atoms with Crippen LogP contribution in [-0.4, -0.2) is 24.1 Å². The van der Waals surface area contributed by atoms with Crippen LogP contribution in [0.4, 0.5) is 0 Å². The van der Waals surface area contributed by atoms with Crippen LogP contribution >= 0.6 is 11.3 Å². The van der Waals surface area contributed by atoms with Gasteiger partial charge in [0, 0.05) is 23.9 Å². The quantitative estimate of drug-likeness (QED) is 0.786. The van der Waals surface area contributed by atoms with Gasteiger partial charge in [-0.1, -0.05) is 24.3 Å². The predicted molar refractivity (Wildman–Crippen MR) is 86.3 cm³/mol. The summed E-state index contributed by atoms with van der Waals surface area (Å²) in [4.78, 5) is 10.6. The van der Waals surface area contributed by atoms with Crippen LogP contribution in [0.2, 0.25) is 0 Å². The van der Waals surface area contributed by atoms with E-state index in [2.05, 4.69) is 22.4 Å². The number of pyridine rings is 1. The number of nitrogens with zero attached hydrogens (tertiary/aromatic N) is 2. The van der Waals surface area contributed by atoms with E-state index in [1.165, 1.54) is 4.88 Å². The number of rotatable bonds is 5. The van der Waals surface area contributed by atoms with E-state index < -0.39 is 0 Å². The zero-order valence-corrected chi connectivity index (χ0v) is 12.9. The molecule has 4 nitrogen and oxygen atoms in total. The molecule has 0 radical (unpaired) electrons. The summed E-state index contributed by atoms with van der Waals surface area (Å²) in [6.45, 7) is 1.32. The Morgan fingerprint density at radius 1 is 1.14 bits per heavy atom. The van der Waals surface area contributed by atoms with Crippen LogP contribution in [0.25, 0.3) is 21.6 Å². The largest absolute Gasteiger partial charge is 0.378 e. The molecule has 0 atom stereocenters. The topological polar surface area (TPSA) is 47.0 Å². The van der Waals surface area contributed by atoms with Gasteiger partial charge in [-0.25, -0.2) is 9.97 Å². The number of nitrogens with one attached hydrogen (secondary N) is 1. The highest BCUT2D eigenvalue weighted by Crippen LogP contribution is 2.28. The molecule has 2 aromatic heterocycles. The zero-order valence-electron chi connectivity index (χ0n) is 12.1. The number of thiazole rings is 1. The average molecular weight is 299 g/mol. The van der Waals surface area contributed by atoms with Gasteiger partial charge < -0.3 is 10.1 Å². The second kappa shape index (κ2) is 6.30. The van der Waals surface area contributed by atoms with Gasteiger partial charge in [0.1, 0.15) is 5.01 Å². The molecule has 5 heteroatoms. The lowest BCUT2D eigenvalue weighted by atomic mass is 10.2. The third kappa shape index (κ3) is 2.95. The SMILES string of the molecule is CNCc1sc(-c2ccc3ccccc3n2)nc1COC. The fourth-order valence-corrected chi connectivity index (χ4v) is 3.27. The second-order valence-corrected chi connectivity index (χ2v) is 5.83. The molecule has 108 valence electrons. The molecule has 0 aliphatic heterocycles. The molecule has 0 saturated heterocycles. The highest BCUT2D eigenvalue weighted by atomic mass is 32.1. The Kier molecular flexibility index (Phi) is 4.24. The molecule has 0 amide bonds. The number of methoxy groups -OCH3 is 1. The fraction of sp³-hybridized carbons (Fsp3) is 0.250. The summed E-state index contributed by atoms with van der Waals surface area (Å²) < 4.78 is 5.23. The molecule has 0 bridgehead atoms. The van der Waals surface area contributed by atoms with E-state index in [9.17, 15) is 0 Å². The van der Waals surface area contributed by atoms with Gasteiger partial charge in [-0.05, 0) is 19.2 Å². The summed E-state index contributed by atoms with van der Waals surface area (Å²) in [5.74, 6) is 0. The lowest BCUT2D eigenvalue weighted by molar-refractivity contribution is 0.181. The molecule has 0 fully saturated rings.